The Morgan fingerprint density at radius 1 is 1.30 bits per heavy atom. The second-order valence-electron chi connectivity index (χ2n) is 4.83. The van der Waals surface area contributed by atoms with Crippen molar-refractivity contribution in [2.24, 2.45) is 16.3 Å². The number of hydrogen-bond acceptors (Lipinski definition) is 3. The zero-order chi connectivity index (χ0) is 14.8. The lowest BCUT2D eigenvalue weighted by atomic mass is 9.83. The number of oxime groups is 1. The fourth-order valence-electron chi connectivity index (χ4n) is 2.52. The van der Waals surface area contributed by atoms with Crippen LogP contribution in [-0.4, -0.2) is 17.0 Å². The van der Waals surface area contributed by atoms with Crippen LogP contribution in [0.3, 0.4) is 0 Å². The zero-order valence-electron chi connectivity index (χ0n) is 10.7. The van der Waals surface area contributed by atoms with Crippen molar-refractivity contribution in [2.75, 3.05) is 5.32 Å². The van der Waals surface area contributed by atoms with Crippen LogP contribution in [0.25, 0.3) is 0 Å². The van der Waals surface area contributed by atoms with Crippen LogP contribution in [0.5, 0.6) is 0 Å². The number of benzene rings is 1. The molecule has 0 atom stereocenters. The van der Waals surface area contributed by atoms with Gasteiger partial charge in [-0.25, -0.2) is 8.78 Å². The summed E-state index contributed by atoms with van der Waals surface area (Å²) in [7, 11) is 0. The molecule has 1 aromatic carbocycles. The molecule has 5 nitrogen and oxygen atoms in total. The standard InChI is InChI=1S/C13H15F2N3O2/c14-8-4-3-5-9(15)10(8)17-12(19)13(11(16)18-20)6-1-2-7-13/h3-5,20H,1-2,6-7H2,(H2,16,18)(H,17,19). The van der Waals surface area contributed by atoms with E-state index in [1.54, 1.807) is 0 Å². The minimum Gasteiger partial charge on any atom is -0.409 e. The highest BCUT2D eigenvalue weighted by molar-refractivity contribution is 6.12. The first-order valence-electron chi connectivity index (χ1n) is 6.25. The molecular weight excluding hydrogens is 268 g/mol. The average molecular weight is 283 g/mol. The topological polar surface area (TPSA) is 87.7 Å². The lowest BCUT2D eigenvalue weighted by molar-refractivity contribution is -0.122. The highest BCUT2D eigenvalue weighted by atomic mass is 19.1. The molecule has 4 N–H and O–H groups in total. The Morgan fingerprint density at radius 3 is 2.35 bits per heavy atom. The van der Waals surface area contributed by atoms with E-state index in [0.29, 0.717) is 12.8 Å². The molecule has 0 spiro atoms. The van der Waals surface area contributed by atoms with Gasteiger partial charge in [0.25, 0.3) is 0 Å². The Bertz CT molecular complexity index is 534. The molecule has 0 radical (unpaired) electrons. The molecule has 0 aliphatic heterocycles. The molecule has 20 heavy (non-hydrogen) atoms. The number of hydrogen-bond donors (Lipinski definition) is 3. The molecule has 1 aromatic rings. The van der Waals surface area contributed by atoms with Crippen molar-refractivity contribution in [3.63, 3.8) is 0 Å². The van der Waals surface area contributed by atoms with E-state index in [-0.39, 0.29) is 5.84 Å². The molecule has 1 aliphatic carbocycles. The minimum absolute atomic E-state index is 0.232. The van der Waals surface area contributed by atoms with Crippen LogP contribution >= 0.6 is 0 Å². The number of nitrogens with one attached hydrogen (secondary N) is 1. The van der Waals surface area contributed by atoms with Crippen molar-refractivity contribution in [1.29, 1.82) is 0 Å². The van der Waals surface area contributed by atoms with Crippen LogP contribution in [0.1, 0.15) is 25.7 Å². The third-order valence-electron chi connectivity index (χ3n) is 3.69. The molecule has 7 heteroatoms. The van der Waals surface area contributed by atoms with Crippen molar-refractivity contribution in [1.82, 2.24) is 0 Å². The van der Waals surface area contributed by atoms with Gasteiger partial charge < -0.3 is 16.3 Å². The Kier molecular flexibility index (Phi) is 3.87. The lowest BCUT2D eigenvalue weighted by Gasteiger charge is -2.26. The first-order valence-corrected chi connectivity index (χ1v) is 6.25. The van der Waals surface area contributed by atoms with Gasteiger partial charge in [-0.1, -0.05) is 24.1 Å². The normalized spacial score (nSPS) is 18.0. The highest BCUT2D eigenvalue weighted by Gasteiger charge is 2.45. The van der Waals surface area contributed by atoms with E-state index in [4.69, 9.17) is 10.9 Å². The molecule has 1 saturated carbocycles. The summed E-state index contributed by atoms with van der Waals surface area (Å²) in [6.07, 6.45) is 2.21. The van der Waals surface area contributed by atoms with Crippen molar-refractivity contribution < 1.29 is 18.8 Å². The number of carbonyl (C=O) groups is 1. The fraction of sp³-hybridized carbons (Fsp3) is 0.385. The van der Waals surface area contributed by atoms with E-state index < -0.39 is 28.6 Å². The fourth-order valence-corrected chi connectivity index (χ4v) is 2.52. The van der Waals surface area contributed by atoms with Crippen LogP contribution in [-0.2, 0) is 4.79 Å². The van der Waals surface area contributed by atoms with Crippen molar-refractivity contribution in [3.05, 3.63) is 29.8 Å². The zero-order valence-corrected chi connectivity index (χ0v) is 10.7. The van der Waals surface area contributed by atoms with E-state index in [1.165, 1.54) is 6.07 Å². The van der Waals surface area contributed by atoms with Crippen LogP contribution in [0, 0.1) is 17.0 Å². The minimum atomic E-state index is -1.20. The number of carbonyl (C=O) groups excluding carboxylic acids is 1. The maximum absolute atomic E-state index is 13.5. The average Bonchev–Trinajstić information content (AvgIpc) is 2.92. The summed E-state index contributed by atoms with van der Waals surface area (Å²) >= 11 is 0. The second kappa shape index (κ2) is 5.44. The molecule has 0 unspecified atom stereocenters. The second-order valence-corrected chi connectivity index (χ2v) is 4.83. The van der Waals surface area contributed by atoms with Crippen molar-refractivity contribution in [2.45, 2.75) is 25.7 Å². The quantitative estimate of drug-likeness (QED) is 0.344. The van der Waals surface area contributed by atoms with Gasteiger partial charge in [0.2, 0.25) is 5.91 Å². The first-order chi connectivity index (χ1) is 9.51. The largest absolute Gasteiger partial charge is 0.409 e. The summed E-state index contributed by atoms with van der Waals surface area (Å²) < 4.78 is 27.1. The van der Waals surface area contributed by atoms with Crippen LogP contribution in [0.2, 0.25) is 0 Å². The number of para-hydroxylation sites is 1. The van der Waals surface area contributed by atoms with Crippen molar-refractivity contribution in [3.8, 4) is 0 Å². The molecule has 0 heterocycles. The van der Waals surface area contributed by atoms with Gasteiger partial charge in [0.1, 0.15) is 22.7 Å². The Labute approximate surface area is 114 Å². The monoisotopic (exact) mass is 283 g/mol. The summed E-state index contributed by atoms with van der Waals surface area (Å²) in [6, 6.07) is 3.29. The summed E-state index contributed by atoms with van der Waals surface area (Å²) in [6.45, 7) is 0. The molecule has 1 fully saturated rings. The predicted molar refractivity (Wildman–Crippen MR) is 69.3 cm³/mol. The molecule has 0 aromatic heterocycles. The number of anilines is 1. The highest BCUT2D eigenvalue weighted by Crippen LogP contribution is 2.39. The van der Waals surface area contributed by atoms with Crippen molar-refractivity contribution >= 4 is 17.4 Å². The summed E-state index contributed by atoms with van der Waals surface area (Å²) in [4.78, 5) is 12.3. The van der Waals surface area contributed by atoms with Gasteiger partial charge in [0.15, 0.2) is 5.84 Å². The number of halogens is 2. The maximum Gasteiger partial charge on any atom is 0.238 e. The molecule has 0 saturated heterocycles. The summed E-state index contributed by atoms with van der Waals surface area (Å²) in [5.74, 6) is -2.63. The van der Waals surface area contributed by atoms with E-state index in [9.17, 15) is 13.6 Å². The molecule has 1 aliphatic rings. The Morgan fingerprint density at radius 2 is 1.85 bits per heavy atom. The van der Waals surface area contributed by atoms with E-state index >= 15 is 0 Å². The van der Waals surface area contributed by atoms with Crippen LogP contribution in [0.15, 0.2) is 23.4 Å². The summed E-state index contributed by atoms with van der Waals surface area (Å²) in [5.41, 5.74) is 3.87. The van der Waals surface area contributed by atoms with Gasteiger partial charge in [-0.05, 0) is 25.0 Å². The van der Waals surface area contributed by atoms with E-state index in [0.717, 1.165) is 25.0 Å². The van der Waals surface area contributed by atoms with Gasteiger partial charge in [-0.15, -0.1) is 0 Å². The lowest BCUT2D eigenvalue weighted by Crippen LogP contribution is -2.45. The Hall–Kier alpha value is -2.18. The molecular formula is C13H15F2N3O2. The van der Waals surface area contributed by atoms with E-state index in [2.05, 4.69) is 10.5 Å². The third-order valence-corrected chi connectivity index (χ3v) is 3.69. The number of amidine groups is 1. The first kappa shape index (κ1) is 14.2. The number of nitrogens with two attached hydrogens (primary N) is 1. The van der Waals surface area contributed by atoms with Gasteiger partial charge in [0, 0.05) is 0 Å². The van der Waals surface area contributed by atoms with Gasteiger partial charge >= 0.3 is 0 Å². The molecule has 2 rings (SSSR count). The Balaban J connectivity index is 2.31. The summed E-state index contributed by atoms with van der Waals surface area (Å²) in [5, 5.41) is 13.9. The molecule has 1 amide bonds. The molecule has 108 valence electrons. The maximum atomic E-state index is 13.5. The third kappa shape index (κ3) is 2.31. The number of nitrogens with zero attached hydrogens (tertiary/aromatic N) is 1. The predicted octanol–water partition coefficient (Wildman–Crippen LogP) is 2.21. The van der Waals surface area contributed by atoms with Crippen LogP contribution < -0.4 is 11.1 Å². The SMILES string of the molecule is NC(=NO)C1(C(=O)Nc2c(F)cccc2F)CCCC1. The number of rotatable bonds is 3. The van der Waals surface area contributed by atoms with Gasteiger partial charge in [-0.3, -0.25) is 4.79 Å². The van der Waals surface area contributed by atoms with Gasteiger partial charge in [-0.2, -0.15) is 0 Å². The smallest absolute Gasteiger partial charge is 0.238 e. The number of amides is 1. The van der Waals surface area contributed by atoms with Crippen LogP contribution in [0.4, 0.5) is 14.5 Å². The van der Waals surface area contributed by atoms with E-state index in [1.807, 2.05) is 0 Å². The van der Waals surface area contributed by atoms with Gasteiger partial charge in [0.05, 0.1) is 0 Å². The molecule has 0 bridgehead atoms.